The lowest BCUT2D eigenvalue weighted by atomic mass is 10.1. The molecule has 1 aromatic heterocycles. The van der Waals surface area contributed by atoms with E-state index in [0.29, 0.717) is 5.82 Å². The molecular formula is C19H21N3O2S. The molecule has 2 aromatic carbocycles. The van der Waals surface area contributed by atoms with Crippen molar-refractivity contribution in [2.45, 2.75) is 6.92 Å². The second-order valence-electron chi connectivity index (χ2n) is 5.70. The summed E-state index contributed by atoms with van der Waals surface area (Å²) in [5, 5.41) is 13.8. The Kier molecular flexibility index (Phi) is 5.28. The number of phenolic OH excluding ortho intramolecular Hbond substituents is 1. The first-order chi connectivity index (χ1) is 12.1. The van der Waals surface area contributed by atoms with Crippen molar-refractivity contribution >= 4 is 28.5 Å². The van der Waals surface area contributed by atoms with Crippen LogP contribution in [-0.2, 0) is 0 Å². The van der Waals surface area contributed by atoms with E-state index < -0.39 is 0 Å². The molecule has 0 saturated carbocycles. The van der Waals surface area contributed by atoms with E-state index in [0.717, 1.165) is 45.9 Å². The number of thioether (sulfide) groups is 1. The second kappa shape index (κ2) is 7.61. The van der Waals surface area contributed by atoms with Gasteiger partial charge in [0.05, 0.1) is 12.6 Å². The molecule has 0 radical (unpaired) electrons. The minimum absolute atomic E-state index is 0.225. The molecule has 25 heavy (non-hydrogen) atoms. The molecule has 2 N–H and O–H groups in total. The summed E-state index contributed by atoms with van der Waals surface area (Å²) in [5.74, 6) is 3.46. The third-order valence-electron chi connectivity index (χ3n) is 3.94. The van der Waals surface area contributed by atoms with Crippen molar-refractivity contribution in [3.63, 3.8) is 0 Å². The predicted octanol–water partition coefficient (Wildman–Crippen LogP) is 4.09. The van der Waals surface area contributed by atoms with Gasteiger partial charge in [0.25, 0.3) is 0 Å². The molecule has 0 aliphatic heterocycles. The van der Waals surface area contributed by atoms with E-state index in [9.17, 15) is 5.11 Å². The van der Waals surface area contributed by atoms with E-state index in [-0.39, 0.29) is 5.75 Å². The molecule has 0 amide bonds. The maximum atomic E-state index is 9.50. The van der Waals surface area contributed by atoms with E-state index in [1.165, 1.54) is 0 Å². The number of aryl methyl sites for hydroxylation is 1. The van der Waals surface area contributed by atoms with Crippen LogP contribution in [0.5, 0.6) is 11.5 Å². The van der Waals surface area contributed by atoms with Crippen LogP contribution in [0.1, 0.15) is 5.56 Å². The molecule has 3 rings (SSSR count). The number of aromatic hydroxyl groups is 1. The number of rotatable bonds is 6. The van der Waals surface area contributed by atoms with Gasteiger partial charge in [0.15, 0.2) is 5.82 Å². The Bertz CT molecular complexity index is 882. The Balaban J connectivity index is 2.14. The molecule has 0 aliphatic carbocycles. The standard InChI is InChI=1S/C19H21N3O2S/c1-12-10-16-15(11-17(12)24-2)19(20-8-9-25-3)22-18(21-16)13-4-6-14(23)7-5-13/h4-7,10-11,23H,8-9H2,1-3H3,(H,20,21,22). The van der Waals surface area contributed by atoms with Crippen LogP contribution in [0.25, 0.3) is 22.3 Å². The third kappa shape index (κ3) is 3.79. The number of nitrogens with one attached hydrogen (secondary N) is 1. The first kappa shape index (κ1) is 17.4. The summed E-state index contributed by atoms with van der Waals surface area (Å²) in [6.07, 6.45) is 2.08. The van der Waals surface area contributed by atoms with Crippen molar-refractivity contribution in [3.8, 4) is 22.9 Å². The van der Waals surface area contributed by atoms with Gasteiger partial charge in [-0.25, -0.2) is 9.97 Å². The summed E-state index contributed by atoms with van der Waals surface area (Å²) in [4.78, 5) is 9.42. The van der Waals surface area contributed by atoms with E-state index in [4.69, 9.17) is 14.7 Å². The van der Waals surface area contributed by atoms with Crippen molar-refractivity contribution in [3.05, 3.63) is 42.0 Å². The molecule has 0 saturated heterocycles. The fourth-order valence-electron chi connectivity index (χ4n) is 2.63. The van der Waals surface area contributed by atoms with Gasteiger partial charge in [-0.15, -0.1) is 0 Å². The van der Waals surface area contributed by atoms with E-state index >= 15 is 0 Å². The SMILES string of the molecule is COc1cc2c(NCCSC)nc(-c3ccc(O)cc3)nc2cc1C. The van der Waals surface area contributed by atoms with E-state index in [1.54, 1.807) is 31.0 Å². The van der Waals surface area contributed by atoms with Crippen LogP contribution in [-0.4, -0.2) is 40.7 Å². The number of aromatic nitrogens is 2. The molecule has 0 bridgehead atoms. The molecule has 0 fully saturated rings. The van der Waals surface area contributed by atoms with Gasteiger partial charge in [-0.1, -0.05) is 0 Å². The quantitative estimate of drug-likeness (QED) is 0.649. The zero-order chi connectivity index (χ0) is 17.8. The summed E-state index contributed by atoms with van der Waals surface area (Å²) in [7, 11) is 1.67. The van der Waals surface area contributed by atoms with Gasteiger partial charge in [-0.05, 0) is 55.1 Å². The predicted molar refractivity (Wildman–Crippen MR) is 105 cm³/mol. The second-order valence-corrected chi connectivity index (χ2v) is 6.69. The Morgan fingerprint density at radius 3 is 2.60 bits per heavy atom. The number of hydrogen-bond acceptors (Lipinski definition) is 6. The number of benzene rings is 2. The summed E-state index contributed by atoms with van der Waals surface area (Å²) >= 11 is 1.78. The van der Waals surface area contributed by atoms with Gasteiger partial charge in [-0.3, -0.25) is 0 Å². The first-order valence-corrected chi connectivity index (χ1v) is 9.40. The number of anilines is 1. The average Bonchev–Trinajstić information content (AvgIpc) is 2.61. The zero-order valence-corrected chi connectivity index (χ0v) is 15.4. The molecule has 1 heterocycles. The van der Waals surface area contributed by atoms with Gasteiger partial charge in [0.1, 0.15) is 17.3 Å². The van der Waals surface area contributed by atoms with Crippen molar-refractivity contribution in [1.29, 1.82) is 0 Å². The minimum atomic E-state index is 0.225. The van der Waals surface area contributed by atoms with Crippen molar-refractivity contribution in [2.75, 3.05) is 31.0 Å². The number of fused-ring (bicyclic) bond motifs is 1. The van der Waals surface area contributed by atoms with Gasteiger partial charge in [0, 0.05) is 23.2 Å². The Labute approximate surface area is 151 Å². The highest BCUT2D eigenvalue weighted by molar-refractivity contribution is 7.98. The van der Waals surface area contributed by atoms with Gasteiger partial charge >= 0.3 is 0 Å². The Hall–Kier alpha value is -2.47. The fraction of sp³-hybridized carbons (Fsp3) is 0.263. The van der Waals surface area contributed by atoms with Crippen molar-refractivity contribution in [2.24, 2.45) is 0 Å². The number of nitrogens with zero attached hydrogens (tertiary/aromatic N) is 2. The Morgan fingerprint density at radius 1 is 1.16 bits per heavy atom. The van der Waals surface area contributed by atoms with Crippen molar-refractivity contribution in [1.82, 2.24) is 9.97 Å². The normalized spacial score (nSPS) is 10.8. The van der Waals surface area contributed by atoms with Crippen LogP contribution >= 0.6 is 11.8 Å². The molecule has 0 spiro atoms. The van der Waals surface area contributed by atoms with Crippen LogP contribution in [0, 0.1) is 6.92 Å². The lowest BCUT2D eigenvalue weighted by Gasteiger charge is -2.13. The monoisotopic (exact) mass is 355 g/mol. The number of methoxy groups -OCH3 is 1. The molecule has 0 unspecified atom stereocenters. The zero-order valence-electron chi connectivity index (χ0n) is 14.5. The smallest absolute Gasteiger partial charge is 0.162 e. The molecule has 130 valence electrons. The lowest BCUT2D eigenvalue weighted by Crippen LogP contribution is -2.07. The van der Waals surface area contributed by atoms with Crippen LogP contribution in [0.15, 0.2) is 36.4 Å². The average molecular weight is 355 g/mol. The first-order valence-electron chi connectivity index (χ1n) is 8.01. The third-order valence-corrected chi connectivity index (χ3v) is 4.55. The minimum Gasteiger partial charge on any atom is -0.508 e. The highest BCUT2D eigenvalue weighted by Gasteiger charge is 2.12. The molecule has 0 aliphatic rings. The molecule has 5 nitrogen and oxygen atoms in total. The maximum Gasteiger partial charge on any atom is 0.162 e. The van der Waals surface area contributed by atoms with Crippen LogP contribution in [0.4, 0.5) is 5.82 Å². The summed E-state index contributed by atoms with van der Waals surface area (Å²) < 4.78 is 5.45. The van der Waals surface area contributed by atoms with E-state index in [2.05, 4.69) is 11.6 Å². The number of ether oxygens (including phenoxy) is 1. The fourth-order valence-corrected chi connectivity index (χ4v) is 2.93. The highest BCUT2D eigenvalue weighted by atomic mass is 32.2. The Morgan fingerprint density at radius 2 is 1.92 bits per heavy atom. The number of phenols is 1. The largest absolute Gasteiger partial charge is 0.508 e. The van der Waals surface area contributed by atoms with Crippen LogP contribution in [0.3, 0.4) is 0 Å². The van der Waals surface area contributed by atoms with Gasteiger partial charge < -0.3 is 15.2 Å². The summed E-state index contributed by atoms with van der Waals surface area (Å²) in [6.45, 7) is 2.82. The van der Waals surface area contributed by atoms with Crippen molar-refractivity contribution < 1.29 is 9.84 Å². The lowest BCUT2D eigenvalue weighted by molar-refractivity contribution is 0.412. The number of hydrogen-bond donors (Lipinski definition) is 2. The molecule has 3 aromatic rings. The molecule has 6 heteroatoms. The van der Waals surface area contributed by atoms with Gasteiger partial charge in [-0.2, -0.15) is 11.8 Å². The molecular weight excluding hydrogens is 334 g/mol. The highest BCUT2D eigenvalue weighted by Crippen LogP contribution is 2.31. The summed E-state index contributed by atoms with van der Waals surface area (Å²) in [6, 6.07) is 10.9. The molecule has 0 atom stereocenters. The van der Waals surface area contributed by atoms with E-state index in [1.807, 2.05) is 31.2 Å². The summed E-state index contributed by atoms with van der Waals surface area (Å²) in [5.41, 5.74) is 2.75. The van der Waals surface area contributed by atoms with Crippen LogP contribution < -0.4 is 10.1 Å². The maximum absolute atomic E-state index is 9.50. The topological polar surface area (TPSA) is 67.3 Å². The van der Waals surface area contributed by atoms with Crippen LogP contribution in [0.2, 0.25) is 0 Å². The van der Waals surface area contributed by atoms with Gasteiger partial charge in [0.2, 0.25) is 0 Å².